The van der Waals surface area contributed by atoms with E-state index >= 15 is 0 Å². The molecule has 0 radical (unpaired) electrons. The van der Waals surface area contributed by atoms with Crippen LogP contribution in [-0.2, 0) is 14.4 Å². The van der Waals surface area contributed by atoms with E-state index in [0.717, 1.165) is 11.3 Å². The van der Waals surface area contributed by atoms with Crippen LogP contribution in [0, 0.1) is 0 Å². The zero-order valence-electron chi connectivity index (χ0n) is 6.54. The molecule has 1 heterocycles. The van der Waals surface area contributed by atoms with Gasteiger partial charge in [0.15, 0.2) is 0 Å². The average molecular weight is 187 g/mol. The molecule has 0 aromatic rings. The molecule has 4 nitrogen and oxygen atoms in total. The number of allylic oxidation sites excluding steroid dienone is 4. The van der Waals surface area contributed by atoms with Gasteiger partial charge in [0.25, 0.3) is 10.1 Å². The zero-order valence-corrected chi connectivity index (χ0v) is 7.36. The Morgan fingerprint density at radius 3 is 2.00 bits per heavy atom. The molecule has 0 saturated carbocycles. The Morgan fingerprint density at radius 1 is 1.08 bits per heavy atom. The van der Waals surface area contributed by atoms with Crippen LogP contribution < -0.4 is 0 Å². The van der Waals surface area contributed by atoms with Crippen molar-refractivity contribution in [2.24, 2.45) is 0 Å². The van der Waals surface area contributed by atoms with E-state index in [-0.39, 0.29) is 0 Å². The zero-order chi connectivity index (χ0) is 9.03. The van der Waals surface area contributed by atoms with Crippen molar-refractivity contribution >= 4 is 10.1 Å². The molecule has 1 aliphatic rings. The largest absolute Gasteiger partial charge is 0.285 e. The Balaban J connectivity index is 2.66. The van der Waals surface area contributed by atoms with E-state index in [0.29, 0.717) is 0 Å². The quantitative estimate of drug-likeness (QED) is 0.640. The molecule has 0 aliphatic carbocycles. The van der Waals surface area contributed by atoms with Gasteiger partial charge in [-0.05, 0) is 12.2 Å². The first-order chi connectivity index (χ1) is 5.58. The van der Waals surface area contributed by atoms with Crippen LogP contribution in [0.25, 0.3) is 0 Å². The van der Waals surface area contributed by atoms with E-state index in [4.69, 9.17) is 0 Å². The number of nitrogens with zero attached hydrogens (tertiary/aromatic N) is 1. The summed E-state index contributed by atoms with van der Waals surface area (Å²) in [4.78, 5) is 0. The van der Waals surface area contributed by atoms with Crippen LogP contribution in [0.15, 0.2) is 36.7 Å². The topological polar surface area (TPSA) is 46.6 Å². The fourth-order valence-corrected chi connectivity index (χ4v) is 1.07. The minimum atomic E-state index is -3.44. The van der Waals surface area contributed by atoms with Gasteiger partial charge in [-0.2, -0.15) is 8.42 Å². The van der Waals surface area contributed by atoms with Crippen molar-refractivity contribution in [3.05, 3.63) is 36.7 Å². The third-order valence-corrected chi connectivity index (χ3v) is 1.46. The highest BCUT2D eigenvalue weighted by Crippen LogP contribution is 2.02. The molecule has 0 unspecified atom stereocenters. The number of hydrogen-bond donors (Lipinski definition) is 0. The van der Waals surface area contributed by atoms with Crippen LogP contribution in [0.5, 0.6) is 0 Å². The van der Waals surface area contributed by atoms with Crippen molar-refractivity contribution in [3.8, 4) is 0 Å². The van der Waals surface area contributed by atoms with Crippen LogP contribution in [0.1, 0.15) is 0 Å². The van der Waals surface area contributed by atoms with Gasteiger partial charge in [0.1, 0.15) is 0 Å². The van der Waals surface area contributed by atoms with Gasteiger partial charge in [0.05, 0.1) is 6.26 Å². The Bertz CT molecular complexity index is 311. The lowest BCUT2D eigenvalue weighted by Crippen LogP contribution is -2.15. The monoisotopic (exact) mass is 187 g/mol. The summed E-state index contributed by atoms with van der Waals surface area (Å²) in [6.45, 7) is 0. The first kappa shape index (κ1) is 9.02. The van der Waals surface area contributed by atoms with Gasteiger partial charge < -0.3 is 0 Å². The lowest BCUT2D eigenvalue weighted by Gasteiger charge is -2.10. The maximum atomic E-state index is 10.7. The van der Waals surface area contributed by atoms with Crippen LogP contribution in [0.3, 0.4) is 0 Å². The normalized spacial score (nSPS) is 16.6. The molecule has 0 atom stereocenters. The van der Waals surface area contributed by atoms with Crippen molar-refractivity contribution < 1.29 is 12.7 Å². The predicted octanol–water partition coefficient (Wildman–Crippen LogP) is 0.777. The molecule has 5 heteroatoms. The molecule has 0 saturated heterocycles. The lowest BCUT2D eigenvalue weighted by molar-refractivity contribution is 0.0567. The van der Waals surface area contributed by atoms with Crippen LogP contribution in [0.4, 0.5) is 0 Å². The molecule has 1 rings (SSSR count). The SMILES string of the molecule is CS(=O)(=O)ON1C=CC=CC=C1. The molecular formula is C7H9NO3S. The van der Waals surface area contributed by atoms with Crippen molar-refractivity contribution in [3.63, 3.8) is 0 Å². The van der Waals surface area contributed by atoms with E-state index in [2.05, 4.69) is 4.28 Å². The third kappa shape index (κ3) is 3.36. The summed E-state index contributed by atoms with van der Waals surface area (Å²) in [5, 5.41) is 1.12. The highest BCUT2D eigenvalue weighted by Gasteiger charge is 2.05. The van der Waals surface area contributed by atoms with Crippen LogP contribution >= 0.6 is 0 Å². The summed E-state index contributed by atoms with van der Waals surface area (Å²) in [5.41, 5.74) is 0. The third-order valence-electron chi connectivity index (χ3n) is 1.02. The van der Waals surface area contributed by atoms with Gasteiger partial charge >= 0.3 is 0 Å². The predicted molar refractivity (Wildman–Crippen MR) is 45.2 cm³/mol. The molecule has 0 spiro atoms. The Kier molecular flexibility index (Phi) is 2.67. The molecule has 0 amide bonds. The standard InChI is InChI=1S/C7H9NO3S/c1-12(9,10)11-8-6-4-2-3-5-7-8/h2-7H,1H3. The summed E-state index contributed by atoms with van der Waals surface area (Å²) in [7, 11) is -3.44. The molecule has 0 bridgehead atoms. The second-order valence-electron chi connectivity index (χ2n) is 2.21. The van der Waals surface area contributed by atoms with Crippen molar-refractivity contribution in [2.75, 3.05) is 6.26 Å². The smallest absolute Gasteiger partial charge is 0.219 e. The Labute approximate surface area is 71.5 Å². The molecule has 0 N–H and O–H groups in total. The van der Waals surface area contributed by atoms with Crippen molar-refractivity contribution in [1.29, 1.82) is 0 Å². The highest BCUT2D eigenvalue weighted by atomic mass is 32.2. The summed E-state index contributed by atoms with van der Waals surface area (Å²) < 4.78 is 25.9. The molecule has 12 heavy (non-hydrogen) atoms. The summed E-state index contributed by atoms with van der Waals surface area (Å²) in [6.07, 6.45) is 10.9. The average Bonchev–Trinajstić information content (AvgIpc) is 2.12. The highest BCUT2D eigenvalue weighted by molar-refractivity contribution is 7.85. The van der Waals surface area contributed by atoms with E-state index in [9.17, 15) is 8.42 Å². The molecule has 0 fully saturated rings. The van der Waals surface area contributed by atoms with E-state index in [1.807, 2.05) is 0 Å². The van der Waals surface area contributed by atoms with Crippen molar-refractivity contribution in [1.82, 2.24) is 5.06 Å². The fourth-order valence-electron chi connectivity index (χ4n) is 0.653. The number of rotatable bonds is 2. The summed E-state index contributed by atoms with van der Waals surface area (Å²) in [5.74, 6) is 0. The molecule has 66 valence electrons. The van der Waals surface area contributed by atoms with E-state index < -0.39 is 10.1 Å². The number of hydroxylamine groups is 2. The summed E-state index contributed by atoms with van der Waals surface area (Å²) >= 11 is 0. The van der Waals surface area contributed by atoms with Gasteiger partial charge in [0.2, 0.25) is 0 Å². The maximum absolute atomic E-state index is 10.7. The van der Waals surface area contributed by atoms with Gasteiger partial charge in [-0.15, -0.1) is 4.28 Å². The van der Waals surface area contributed by atoms with Gasteiger partial charge in [-0.3, -0.25) is 0 Å². The fraction of sp³-hybridized carbons (Fsp3) is 0.143. The second kappa shape index (κ2) is 3.55. The summed E-state index contributed by atoms with van der Waals surface area (Å²) in [6, 6.07) is 0. The van der Waals surface area contributed by atoms with Gasteiger partial charge in [-0.1, -0.05) is 12.2 Å². The minimum Gasteiger partial charge on any atom is -0.219 e. The van der Waals surface area contributed by atoms with Crippen LogP contribution in [0.2, 0.25) is 0 Å². The molecular weight excluding hydrogens is 178 g/mol. The Morgan fingerprint density at radius 2 is 1.58 bits per heavy atom. The van der Waals surface area contributed by atoms with Gasteiger partial charge in [0, 0.05) is 12.4 Å². The van der Waals surface area contributed by atoms with Gasteiger partial charge in [-0.25, -0.2) is 5.06 Å². The molecule has 0 aromatic heterocycles. The van der Waals surface area contributed by atoms with Crippen molar-refractivity contribution in [2.45, 2.75) is 0 Å². The molecule has 0 aromatic carbocycles. The second-order valence-corrected chi connectivity index (χ2v) is 3.76. The molecule has 1 aliphatic heterocycles. The van der Waals surface area contributed by atoms with E-state index in [1.54, 1.807) is 24.3 Å². The minimum absolute atomic E-state index is 0.993. The lowest BCUT2D eigenvalue weighted by atomic mass is 10.5. The Hall–Kier alpha value is -1.07. The number of hydrogen-bond acceptors (Lipinski definition) is 4. The van der Waals surface area contributed by atoms with Crippen LogP contribution in [-0.4, -0.2) is 19.7 Å². The first-order valence-corrected chi connectivity index (χ1v) is 5.09. The van der Waals surface area contributed by atoms with E-state index in [1.165, 1.54) is 12.4 Å². The first-order valence-electron chi connectivity index (χ1n) is 3.27. The maximum Gasteiger partial charge on any atom is 0.285 e.